The Morgan fingerprint density at radius 3 is 0.525 bits per heavy atom. The number of fused-ring (bicyclic) bond motifs is 8. The topological polar surface area (TPSA) is 299 Å². The van der Waals surface area contributed by atoms with E-state index in [0.29, 0.717) is 180 Å². The van der Waals surface area contributed by atoms with Gasteiger partial charge in [-0.15, -0.1) is 0 Å². The molecule has 0 N–H and O–H groups in total. The van der Waals surface area contributed by atoms with Crippen molar-refractivity contribution in [2.24, 2.45) is 0 Å². The highest BCUT2D eigenvalue weighted by atomic mass is 16.2. The summed E-state index contributed by atoms with van der Waals surface area (Å²) in [6.07, 6.45) is 2.81. The van der Waals surface area contributed by atoms with Crippen molar-refractivity contribution in [2.45, 2.75) is 235 Å². The molecule has 0 bridgehead atoms. The lowest BCUT2D eigenvalue weighted by atomic mass is 9.85. The molecule has 8 aliphatic heterocycles. The van der Waals surface area contributed by atoms with Crippen LogP contribution in [-0.2, 0) is 21.7 Å². The van der Waals surface area contributed by atoms with Crippen LogP contribution in [0.5, 0.6) is 0 Å². The van der Waals surface area contributed by atoms with Gasteiger partial charge in [0.05, 0.1) is 135 Å². The molecular formula is C117H122N8O16. The molecule has 24 nitrogen and oxygen atoms in total. The summed E-state index contributed by atoms with van der Waals surface area (Å²) in [6, 6.07) is 53.8. The molecule has 2 unspecified atom stereocenters. The van der Waals surface area contributed by atoms with Gasteiger partial charge in [0.2, 0.25) is 0 Å². The standard InChI is InChI=1S/C34H36N2O4.C30H34N2O4.C26H20N2O4.C22H12N2O4.5CH4/c1-17-18(2)28(36-30(38)24-14-12-22(34(8,9)10)16-26(24)32(36)40)20(4)19(3)27(17)35-29(37)23-13-11-21(33(5,6)7)15-25(23)31(35)39;1-29(2,3)17-11-13-19-21(15-17)27(35)31(25(19)33)23-9-7-8-10-24(23)32-26(34)20-14-12-18(30(4,5)6)16-22(20)28(32)36;1-13-14(2)22(28-25(31)19-11-7-8-12-20(19)26(28)32)16(4)15(3)21(13)27-23(29)17-9-5-6-10-18(17)24(27)30;25-19-15-5-1-2-6-16(15)20(26)23(19)13-9-11-14(12-10-13)24-21(27)17-7-3-4-8-18(17)22(24)28;;;;;/h11-16H,1-10H3;11-16,23-24H,7-10H2,1-6H3;5-12H,1-4H3;1-12H;5*1H4. The average molecular weight is 1900 g/mol. The number of hydrogen-bond donors (Lipinski definition) is 0. The summed E-state index contributed by atoms with van der Waals surface area (Å²) in [6.45, 7) is 39.4. The highest BCUT2D eigenvalue weighted by molar-refractivity contribution is 6.40. The van der Waals surface area contributed by atoms with Crippen LogP contribution < -0.4 is 29.4 Å². The summed E-state index contributed by atoms with van der Waals surface area (Å²) in [7, 11) is 0. The zero-order valence-electron chi connectivity index (χ0n) is 79.6. The van der Waals surface area contributed by atoms with Gasteiger partial charge in [-0.25, -0.2) is 29.4 Å². The summed E-state index contributed by atoms with van der Waals surface area (Å²) in [4.78, 5) is 221. The summed E-state index contributed by atoms with van der Waals surface area (Å²) in [5.41, 5.74) is 17.5. The van der Waals surface area contributed by atoms with Crippen LogP contribution in [0.25, 0.3) is 0 Å². The number of carbonyl (C=O) groups excluding carboxylic acids is 16. The van der Waals surface area contributed by atoms with E-state index in [0.717, 1.165) is 44.9 Å². The van der Waals surface area contributed by atoms with E-state index >= 15 is 0 Å². The molecule has 1 fully saturated rings. The number of nitrogens with zero attached hydrogens (tertiary/aromatic N) is 8. The first-order valence-electron chi connectivity index (χ1n) is 45.4. The van der Waals surface area contributed by atoms with Crippen molar-refractivity contribution in [3.05, 3.63) is 350 Å². The van der Waals surface area contributed by atoms with Crippen molar-refractivity contribution in [3.63, 3.8) is 0 Å². The molecule has 141 heavy (non-hydrogen) atoms. The van der Waals surface area contributed by atoms with Crippen LogP contribution >= 0.6 is 0 Å². The van der Waals surface area contributed by atoms with Gasteiger partial charge in [0, 0.05) is 0 Å². The minimum atomic E-state index is -0.534. The van der Waals surface area contributed by atoms with Gasteiger partial charge >= 0.3 is 0 Å². The van der Waals surface area contributed by atoms with Gasteiger partial charge in [-0.1, -0.05) is 206 Å². The Kier molecular flexibility index (Phi) is 27.9. The Morgan fingerprint density at radius 2 is 0.340 bits per heavy atom. The maximum Gasteiger partial charge on any atom is 0.266 e. The minimum absolute atomic E-state index is 0. The van der Waals surface area contributed by atoms with Gasteiger partial charge < -0.3 is 0 Å². The molecule has 11 aromatic carbocycles. The normalized spacial score (nSPS) is 16.5. The van der Waals surface area contributed by atoms with E-state index in [4.69, 9.17) is 0 Å². The fourth-order valence-electron chi connectivity index (χ4n) is 19.8. The van der Waals surface area contributed by atoms with Crippen LogP contribution in [0.4, 0.5) is 34.1 Å². The van der Waals surface area contributed by atoms with Crippen molar-refractivity contribution in [1.29, 1.82) is 0 Å². The molecule has 11 aromatic rings. The van der Waals surface area contributed by atoms with Gasteiger partial charge in [0.15, 0.2) is 0 Å². The lowest BCUT2D eigenvalue weighted by molar-refractivity contribution is 0.0291. The number of amides is 16. The van der Waals surface area contributed by atoms with Gasteiger partial charge in [-0.05, 0) is 278 Å². The second-order valence-electron chi connectivity index (χ2n) is 40.2. The molecule has 0 saturated heterocycles. The third-order valence-corrected chi connectivity index (χ3v) is 28.0. The maximum absolute atomic E-state index is 13.7. The Balaban J connectivity index is 0.000000167. The van der Waals surface area contributed by atoms with Crippen LogP contribution in [0.15, 0.2) is 194 Å². The van der Waals surface area contributed by atoms with Crippen molar-refractivity contribution in [3.8, 4) is 0 Å². The van der Waals surface area contributed by atoms with Gasteiger partial charge in [-0.3, -0.25) is 86.5 Å². The molecule has 0 aromatic heterocycles. The van der Waals surface area contributed by atoms with Gasteiger partial charge in [-0.2, -0.15) is 0 Å². The van der Waals surface area contributed by atoms with Crippen molar-refractivity contribution < 1.29 is 76.7 Å². The SMILES string of the molecule is C.C.C.C.C.CC(C)(C)c1ccc2c(c1)C(=O)N(C1CCCCC1N1C(=O)c3ccc(C(C)(C)C)cc3C1=O)C2=O.Cc1c(C)c(N2C(=O)c3ccc(C(C)(C)C)cc3C2=O)c(C)c(C)c1N1C(=O)c2ccc(C(C)(C)C)cc2C1=O.Cc1c(C)c(N2C(=O)c3ccccc3C2=O)c(C)c(C)c1N1C(=O)c2ccccc2C1=O.O=C1c2ccccc2C(=O)N1c1ccc(N2C(=O)c3ccccc3C2=O)cc1. The number of rotatable bonds is 8. The second kappa shape index (κ2) is 37.7. The van der Waals surface area contributed by atoms with Crippen molar-refractivity contribution in [2.75, 3.05) is 29.4 Å². The van der Waals surface area contributed by atoms with E-state index in [1.807, 2.05) is 104 Å². The zero-order valence-corrected chi connectivity index (χ0v) is 79.6. The molecule has 0 spiro atoms. The van der Waals surface area contributed by atoms with E-state index < -0.39 is 35.7 Å². The second-order valence-corrected chi connectivity index (χ2v) is 40.2. The maximum atomic E-state index is 13.7. The van der Waals surface area contributed by atoms with Gasteiger partial charge in [0.1, 0.15) is 0 Å². The first-order valence-corrected chi connectivity index (χ1v) is 45.4. The predicted molar refractivity (Wildman–Crippen MR) is 551 cm³/mol. The quantitative estimate of drug-likeness (QED) is 0.128. The number of imide groups is 8. The fourth-order valence-corrected chi connectivity index (χ4v) is 19.8. The number of hydrogen-bond acceptors (Lipinski definition) is 16. The molecule has 2 atom stereocenters. The van der Waals surface area contributed by atoms with Crippen LogP contribution in [0.3, 0.4) is 0 Å². The summed E-state index contributed by atoms with van der Waals surface area (Å²) in [5.74, 6) is -5.85. The molecule has 20 rings (SSSR count). The summed E-state index contributed by atoms with van der Waals surface area (Å²) >= 11 is 0. The third-order valence-electron chi connectivity index (χ3n) is 28.0. The largest absolute Gasteiger partial charge is 0.269 e. The molecule has 1 aliphatic carbocycles. The van der Waals surface area contributed by atoms with Crippen LogP contribution in [0.1, 0.15) is 378 Å². The lowest BCUT2D eigenvalue weighted by Gasteiger charge is -2.40. The van der Waals surface area contributed by atoms with Gasteiger partial charge in [0.25, 0.3) is 94.5 Å². The predicted octanol–water partition coefficient (Wildman–Crippen LogP) is 23.6. The fraction of sp³-hybridized carbons (Fsp3) is 0.299. The molecular weight excluding hydrogens is 1770 g/mol. The Bertz CT molecular complexity index is 6680. The highest BCUT2D eigenvalue weighted by Crippen LogP contribution is 2.49. The summed E-state index contributed by atoms with van der Waals surface area (Å²) in [5, 5.41) is 0. The minimum Gasteiger partial charge on any atom is -0.269 e. The lowest BCUT2D eigenvalue weighted by Crippen LogP contribution is -2.56. The Hall–Kier alpha value is -15.5. The third kappa shape index (κ3) is 16.8. The first-order chi connectivity index (χ1) is 64.1. The van der Waals surface area contributed by atoms with Crippen molar-refractivity contribution in [1.82, 2.24) is 9.80 Å². The molecule has 24 heteroatoms. The van der Waals surface area contributed by atoms with Crippen LogP contribution in [0, 0.1) is 55.4 Å². The molecule has 726 valence electrons. The molecule has 1 saturated carbocycles. The molecule has 9 aliphatic rings. The highest BCUT2D eigenvalue weighted by Gasteiger charge is 2.52. The first kappa shape index (κ1) is 104. The van der Waals surface area contributed by atoms with E-state index in [9.17, 15) is 76.7 Å². The molecule has 0 radical (unpaired) electrons. The Labute approximate surface area is 824 Å². The van der Waals surface area contributed by atoms with E-state index in [-0.39, 0.29) is 130 Å². The van der Waals surface area contributed by atoms with Crippen LogP contribution in [-0.4, -0.2) is 116 Å². The Morgan fingerprint density at radius 1 is 0.191 bits per heavy atom. The summed E-state index contributed by atoms with van der Waals surface area (Å²) < 4.78 is 0. The average Bonchev–Trinajstić information content (AvgIpc) is 1.57. The number of benzene rings is 11. The number of carbonyl (C=O) groups is 16. The monoisotopic (exact) mass is 1890 g/mol. The van der Waals surface area contributed by atoms with E-state index in [2.05, 4.69) is 83.1 Å². The number of anilines is 6. The smallest absolute Gasteiger partial charge is 0.266 e. The zero-order chi connectivity index (χ0) is 98.1. The van der Waals surface area contributed by atoms with E-state index in [1.54, 1.807) is 146 Å². The molecule has 16 amide bonds. The van der Waals surface area contributed by atoms with Crippen LogP contribution in [0.2, 0.25) is 0 Å². The van der Waals surface area contributed by atoms with Crippen molar-refractivity contribution >= 4 is 129 Å². The molecule has 8 heterocycles. The van der Waals surface area contributed by atoms with E-state index in [1.165, 1.54) is 29.4 Å².